The molecule has 18 heavy (non-hydrogen) atoms. The van der Waals surface area contributed by atoms with E-state index in [0.717, 1.165) is 24.4 Å². The zero-order chi connectivity index (χ0) is 13.0. The average molecular weight is 259 g/mol. The Hall–Kier alpha value is -1.55. The van der Waals surface area contributed by atoms with Gasteiger partial charge in [-0.15, -0.1) is 0 Å². The summed E-state index contributed by atoms with van der Waals surface area (Å²) in [6, 6.07) is 5.94. The van der Waals surface area contributed by atoms with Gasteiger partial charge < -0.3 is 4.98 Å². The Morgan fingerprint density at radius 2 is 2.00 bits per heavy atom. The van der Waals surface area contributed by atoms with Gasteiger partial charge >= 0.3 is 0 Å². The van der Waals surface area contributed by atoms with Gasteiger partial charge in [0, 0.05) is 24.5 Å². The molecule has 0 spiro atoms. The van der Waals surface area contributed by atoms with Crippen molar-refractivity contribution in [2.24, 2.45) is 5.92 Å². The molecule has 94 valence electrons. The SMILES string of the molecule is CC(C)Cc1cc(=S)nc(Cc2ccncc2)[nH]1. The first-order chi connectivity index (χ1) is 8.63. The summed E-state index contributed by atoms with van der Waals surface area (Å²) >= 11 is 5.21. The third kappa shape index (κ3) is 3.74. The highest BCUT2D eigenvalue weighted by atomic mass is 32.1. The van der Waals surface area contributed by atoms with E-state index < -0.39 is 0 Å². The molecule has 0 aliphatic rings. The third-order valence-electron chi connectivity index (χ3n) is 2.60. The van der Waals surface area contributed by atoms with Crippen molar-refractivity contribution in [2.45, 2.75) is 26.7 Å². The number of H-pyrrole nitrogens is 1. The number of pyridine rings is 1. The maximum atomic E-state index is 5.21. The van der Waals surface area contributed by atoms with Crippen LogP contribution in [0.4, 0.5) is 0 Å². The second-order valence-corrected chi connectivity index (χ2v) is 5.24. The van der Waals surface area contributed by atoms with Crippen LogP contribution in [0.25, 0.3) is 0 Å². The van der Waals surface area contributed by atoms with Crippen LogP contribution >= 0.6 is 12.2 Å². The van der Waals surface area contributed by atoms with Crippen LogP contribution in [-0.4, -0.2) is 15.0 Å². The summed E-state index contributed by atoms with van der Waals surface area (Å²) in [5.74, 6) is 1.52. The van der Waals surface area contributed by atoms with Gasteiger partial charge in [0.05, 0.1) is 0 Å². The Morgan fingerprint density at radius 1 is 1.28 bits per heavy atom. The minimum atomic E-state index is 0.604. The molecule has 0 saturated heterocycles. The van der Waals surface area contributed by atoms with Gasteiger partial charge in [-0.3, -0.25) is 4.98 Å². The largest absolute Gasteiger partial charge is 0.347 e. The maximum Gasteiger partial charge on any atom is 0.130 e. The van der Waals surface area contributed by atoms with Crippen LogP contribution in [0.1, 0.15) is 30.9 Å². The van der Waals surface area contributed by atoms with Crippen LogP contribution in [0.15, 0.2) is 30.6 Å². The van der Waals surface area contributed by atoms with E-state index in [9.17, 15) is 0 Å². The molecular weight excluding hydrogens is 242 g/mol. The van der Waals surface area contributed by atoms with Crippen LogP contribution in [-0.2, 0) is 12.8 Å². The summed E-state index contributed by atoms with van der Waals surface area (Å²) in [6.07, 6.45) is 5.34. The maximum absolute atomic E-state index is 5.21. The van der Waals surface area contributed by atoms with Crippen LogP contribution < -0.4 is 0 Å². The fourth-order valence-electron chi connectivity index (χ4n) is 1.89. The molecule has 2 aromatic rings. The van der Waals surface area contributed by atoms with Gasteiger partial charge in [-0.25, -0.2) is 4.98 Å². The van der Waals surface area contributed by atoms with E-state index in [1.165, 1.54) is 5.56 Å². The zero-order valence-corrected chi connectivity index (χ0v) is 11.5. The molecule has 0 bridgehead atoms. The van der Waals surface area contributed by atoms with Crippen molar-refractivity contribution in [1.29, 1.82) is 0 Å². The number of aromatic nitrogens is 3. The first-order valence-corrected chi connectivity index (χ1v) is 6.52. The second kappa shape index (κ2) is 5.87. The highest BCUT2D eigenvalue weighted by Crippen LogP contribution is 2.09. The first kappa shape index (κ1) is 12.9. The molecule has 0 amide bonds. The van der Waals surface area contributed by atoms with Crippen molar-refractivity contribution >= 4 is 12.2 Å². The van der Waals surface area contributed by atoms with E-state index in [1.807, 2.05) is 18.2 Å². The highest BCUT2D eigenvalue weighted by molar-refractivity contribution is 7.71. The minimum absolute atomic E-state index is 0.604. The molecule has 0 aliphatic heterocycles. The van der Waals surface area contributed by atoms with Crippen LogP contribution in [0.3, 0.4) is 0 Å². The standard InChI is InChI=1S/C14H17N3S/c1-10(2)7-12-9-14(18)17-13(16-12)8-11-3-5-15-6-4-11/h3-6,9-10H,7-8H2,1-2H3,(H,16,17,18). The van der Waals surface area contributed by atoms with Gasteiger partial charge in [0.25, 0.3) is 0 Å². The van der Waals surface area contributed by atoms with Crippen LogP contribution in [0, 0.1) is 10.6 Å². The van der Waals surface area contributed by atoms with Crippen molar-refractivity contribution in [3.05, 3.63) is 52.3 Å². The Balaban J connectivity index is 2.23. The Kier molecular flexibility index (Phi) is 4.20. The molecule has 4 heteroatoms. The second-order valence-electron chi connectivity index (χ2n) is 4.82. The molecule has 0 radical (unpaired) electrons. The molecule has 2 rings (SSSR count). The molecule has 2 aromatic heterocycles. The predicted octanol–water partition coefficient (Wildman–Crippen LogP) is 3.32. The lowest BCUT2D eigenvalue weighted by Crippen LogP contribution is -2.03. The third-order valence-corrected chi connectivity index (χ3v) is 2.81. The summed E-state index contributed by atoms with van der Waals surface area (Å²) in [5, 5.41) is 0. The fraction of sp³-hybridized carbons (Fsp3) is 0.357. The van der Waals surface area contributed by atoms with Crippen LogP contribution in [0.2, 0.25) is 0 Å². The number of aromatic amines is 1. The lowest BCUT2D eigenvalue weighted by Gasteiger charge is -2.08. The molecular formula is C14H17N3S. The number of hydrogen-bond donors (Lipinski definition) is 1. The van der Waals surface area contributed by atoms with E-state index in [1.54, 1.807) is 12.4 Å². The number of rotatable bonds is 4. The fourth-order valence-corrected chi connectivity index (χ4v) is 2.14. The molecule has 1 N–H and O–H groups in total. The van der Waals surface area contributed by atoms with Crippen LogP contribution in [0.5, 0.6) is 0 Å². The lowest BCUT2D eigenvalue weighted by molar-refractivity contribution is 0.630. The summed E-state index contributed by atoms with van der Waals surface area (Å²) in [6.45, 7) is 4.39. The molecule has 0 aliphatic carbocycles. The summed E-state index contributed by atoms with van der Waals surface area (Å²) in [4.78, 5) is 11.8. The van der Waals surface area contributed by atoms with E-state index in [0.29, 0.717) is 10.6 Å². The van der Waals surface area contributed by atoms with Gasteiger partial charge in [-0.1, -0.05) is 26.1 Å². The molecule has 0 unspecified atom stereocenters. The summed E-state index contributed by atoms with van der Waals surface area (Å²) in [7, 11) is 0. The van der Waals surface area contributed by atoms with Gasteiger partial charge in [0.15, 0.2) is 0 Å². The van der Waals surface area contributed by atoms with Crippen molar-refractivity contribution in [2.75, 3.05) is 0 Å². The predicted molar refractivity (Wildman–Crippen MR) is 75.0 cm³/mol. The summed E-state index contributed by atoms with van der Waals surface area (Å²) in [5.41, 5.74) is 2.35. The molecule has 0 saturated carbocycles. The summed E-state index contributed by atoms with van der Waals surface area (Å²) < 4.78 is 0.661. The molecule has 0 atom stereocenters. The van der Waals surface area contributed by atoms with E-state index in [2.05, 4.69) is 28.8 Å². The molecule has 0 aromatic carbocycles. The van der Waals surface area contributed by atoms with Crippen molar-refractivity contribution in [3.63, 3.8) is 0 Å². The number of nitrogens with one attached hydrogen (secondary N) is 1. The van der Waals surface area contributed by atoms with Gasteiger partial charge in [0.1, 0.15) is 10.5 Å². The molecule has 2 heterocycles. The van der Waals surface area contributed by atoms with Gasteiger partial charge in [0.2, 0.25) is 0 Å². The number of nitrogens with zero attached hydrogens (tertiary/aromatic N) is 2. The van der Waals surface area contributed by atoms with Gasteiger partial charge in [-0.05, 0) is 36.1 Å². The number of hydrogen-bond acceptors (Lipinski definition) is 3. The van der Waals surface area contributed by atoms with Crippen molar-refractivity contribution in [3.8, 4) is 0 Å². The minimum Gasteiger partial charge on any atom is -0.347 e. The Bertz CT molecular complexity index is 561. The molecule has 0 fully saturated rings. The Labute approximate surface area is 112 Å². The van der Waals surface area contributed by atoms with Crippen molar-refractivity contribution in [1.82, 2.24) is 15.0 Å². The monoisotopic (exact) mass is 259 g/mol. The quantitative estimate of drug-likeness (QED) is 0.856. The lowest BCUT2D eigenvalue weighted by atomic mass is 10.1. The van der Waals surface area contributed by atoms with E-state index in [-0.39, 0.29) is 0 Å². The first-order valence-electron chi connectivity index (χ1n) is 6.11. The van der Waals surface area contributed by atoms with Crippen molar-refractivity contribution < 1.29 is 0 Å². The van der Waals surface area contributed by atoms with E-state index in [4.69, 9.17) is 12.2 Å². The van der Waals surface area contributed by atoms with Gasteiger partial charge in [-0.2, -0.15) is 0 Å². The topological polar surface area (TPSA) is 41.6 Å². The highest BCUT2D eigenvalue weighted by Gasteiger charge is 2.03. The van der Waals surface area contributed by atoms with E-state index >= 15 is 0 Å². The normalized spacial score (nSPS) is 10.8. The Morgan fingerprint density at radius 3 is 2.67 bits per heavy atom. The smallest absolute Gasteiger partial charge is 0.130 e. The molecule has 3 nitrogen and oxygen atoms in total. The zero-order valence-electron chi connectivity index (χ0n) is 10.7. The average Bonchev–Trinajstić information content (AvgIpc) is 2.28.